The van der Waals surface area contributed by atoms with Crippen LogP contribution in [0.3, 0.4) is 0 Å². The van der Waals surface area contributed by atoms with E-state index in [-0.39, 0.29) is 17.7 Å². The first kappa shape index (κ1) is 18.4. The molecule has 3 rings (SSSR count). The quantitative estimate of drug-likeness (QED) is 0.697. The van der Waals surface area contributed by atoms with Gasteiger partial charge in [-0.1, -0.05) is 13.0 Å². The van der Waals surface area contributed by atoms with Gasteiger partial charge in [0, 0.05) is 22.9 Å². The van der Waals surface area contributed by atoms with Gasteiger partial charge in [-0.05, 0) is 54.8 Å². The van der Waals surface area contributed by atoms with Crippen molar-refractivity contribution in [2.75, 3.05) is 17.2 Å². The lowest BCUT2D eigenvalue weighted by atomic mass is 10.1. The summed E-state index contributed by atoms with van der Waals surface area (Å²) >= 11 is 0. The topological polar surface area (TPSA) is 105 Å². The summed E-state index contributed by atoms with van der Waals surface area (Å²) in [5.74, 6) is -0.518. The van der Waals surface area contributed by atoms with E-state index in [4.69, 9.17) is 9.84 Å². The van der Waals surface area contributed by atoms with Crippen LogP contribution < -0.4 is 15.4 Å². The maximum absolute atomic E-state index is 12.4. The zero-order valence-corrected chi connectivity index (χ0v) is 14.8. The summed E-state index contributed by atoms with van der Waals surface area (Å²) in [4.78, 5) is 34.9. The predicted molar refractivity (Wildman–Crippen MR) is 99.9 cm³/mol. The standard InChI is InChI=1S/C20H20N2O5/c1-12-9-17(12)20(26)22-15-4-2-3-13(10-15)19(25)21-14-5-7-16(8-6-14)27-11-18(23)24/h2-8,10,12,17H,9,11H2,1H3,(H,21,25)(H,22,26)(H,23,24). The summed E-state index contributed by atoms with van der Waals surface area (Å²) in [6, 6.07) is 13.1. The molecular formula is C20H20N2O5. The first-order chi connectivity index (χ1) is 12.9. The zero-order valence-electron chi connectivity index (χ0n) is 14.8. The number of amides is 2. The Kier molecular flexibility index (Phi) is 5.40. The molecule has 140 valence electrons. The average molecular weight is 368 g/mol. The van der Waals surface area contributed by atoms with Gasteiger partial charge in [0.2, 0.25) is 5.91 Å². The summed E-state index contributed by atoms with van der Waals surface area (Å²) in [6.45, 7) is 1.61. The number of nitrogens with one attached hydrogen (secondary N) is 2. The lowest BCUT2D eigenvalue weighted by Crippen LogP contribution is -2.16. The molecule has 1 saturated carbocycles. The second-order valence-electron chi connectivity index (χ2n) is 6.55. The second kappa shape index (κ2) is 7.90. The number of carboxylic acid groups (broad SMARTS) is 1. The van der Waals surface area contributed by atoms with Gasteiger partial charge in [-0.15, -0.1) is 0 Å². The molecule has 2 atom stereocenters. The Bertz CT molecular complexity index is 863. The van der Waals surface area contributed by atoms with Gasteiger partial charge in [0.15, 0.2) is 6.61 Å². The largest absolute Gasteiger partial charge is 0.482 e. The highest BCUT2D eigenvalue weighted by atomic mass is 16.5. The van der Waals surface area contributed by atoms with Crippen LogP contribution in [0.5, 0.6) is 5.75 Å². The van der Waals surface area contributed by atoms with E-state index in [1.54, 1.807) is 48.5 Å². The monoisotopic (exact) mass is 368 g/mol. The fourth-order valence-electron chi connectivity index (χ4n) is 2.64. The van der Waals surface area contributed by atoms with Crippen LogP contribution in [-0.2, 0) is 9.59 Å². The van der Waals surface area contributed by atoms with Crippen molar-refractivity contribution in [1.29, 1.82) is 0 Å². The molecule has 2 aromatic carbocycles. The van der Waals surface area contributed by atoms with E-state index in [1.807, 2.05) is 6.92 Å². The van der Waals surface area contributed by atoms with Gasteiger partial charge in [-0.2, -0.15) is 0 Å². The molecule has 3 N–H and O–H groups in total. The van der Waals surface area contributed by atoms with Crippen molar-refractivity contribution >= 4 is 29.2 Å². The number of hydrogen-bond donors (Lipinski definition) is 3. The van der Waals surface area contributed by atoms with Crippen molar-refractivity contribution in [3.63, 3.8) is 0 Å². The lowest BCUT2D eigenvalue weighted by Gasteiger charge is -2.09. The third kappa shape index (κ3) is 5.07. The van der Waals surface area contributed by atoms with E-state index in [0.717, 1.165) is 6.42 Å². The summed E-state index contributed by atoms with van der Waals surface area (Å²) in [6.07, 6.45) is 0.901. The zero-order chi connectivity index (χ0) is 19.4. The minimum atomic E-state index is -1.06. The van der Waals surface area contributed by atoms with E-state index >= 15 is 0 Å². The van der Waals surface area contributed by atoms with Gasteiger partial charge in [0.05, 0.1) is 0 Å². The van der Waals surface area contributed by atoms with Gasteiger partial charge in [-0.25, -0.2) is 4.79 Å². The molecule has 0 bridgehead atoms. The van der Waals surface area contributed by atoms with Crippen LogP contribution in [0.4, 0.5) is 11.4 Å². The Labute approximate surface area is 156 Å². The SMILES string of the molecule is CC1CC1C(=O)Nc1cccc(C(=O)Nc2ccc(OCC(=O)O)cc2)c1. The van der Waals surface area contributed by atoms with Gasteiger partial charge in [0.25, 0.3) is 5.91 Å². The first-order valence-electron chi connectivity index (χ1n) is 8.59. The van der Waals surface area contributed by atoms with E-state index in [2.05, 4.69) is 10.6 Å². The molecule has 1 aliphatic rings. The van der Waals surface area contributed by atoms with E-state index in [1.165, 1.54) is 0 Å². The van der Waals surface area contributed by atoms with Crippen molar-refractivity contribution in [2.24, 2.45) is 11.8 Å². The Morgan fingerprint density at radius 2 is 1.78 bits per heavy atom. The number of aliphatic carboxylic acids is 1. The highest BCUT2D eigenvalue weighted by Gasteiger charge is 2.39. The summed E-state index contributed by atoms with van der Waals surface area (Å²) in [5.41, 5.74) is 1.55. The molecule has 2 aromatic rings. The molecule has 2 unspecified atom stereocenters. The third-order valence-corrected chi connectivity index (χ3v) is 4.31. The molecule has 0 radical (unpaired) electrons. The number of carbonyl (C=O) groups is 3. The molecule has 1 fully saturated rings. The fraction of sp³-hybridized carbons (Fsp3) is 0.250. The second-order valence-corrected chi connectivity index (χ2v) is 6.55. The number of anilines is 2. The molecule has 7 heteroatoms. The highest BCUT2D eigenvalue weighted by Crippen LogP contribution is 2.38. The molecule has 0 aliphatic heterocycles. The van der Waals surface area contributed by atoms with Crippen LogP contribution in [-0.4, -0.2) is 29.5 Å². The average Bonchev–Trinajstić information content (AvgIpc) is 3.38. The number of hydrogen-bond acceptors (Lipinski definition) is 4. The normalized spacial score (nSPS) is 17.7. The molecule has 0 heterocycles. The van der Waals surface area contributed by atoms with Crippen LogP contribution in [0, 0.1) is 11.8 Å². The Hall–Kier alpha value is -3.35. The third-order valence-electron chi connectivity index (χ3n) is 4.31. The fourth-order valence-corrected chi connectivity index (χ4v) is 2.64. The van der Waals surface area contributed by atoms with Crippen molar-refractivity contribution in [1.82, 2.24) is 0 Å². The van der Waals surface area contributed by atoms with Crippen molar-refractivity contribution < 1.29 is 24.2 Å². The van der Waals surface area contributed by atoms with Crippen molar-refractivity contribution in [3.8, 4) is 5.75 Å². The first-order valence-corrected chi connectivity index (χ1v) is 8.59. The molecule has 27 heavy (non-hydrogen) atoms. The van der Waals surface area contributed by atoms with E-state index in [0.29, 0.717) is 28.6 Å². The summed E-state index contributed by atoms with van der Waals surface area (Å²) in [7, 11) is 0. The van der Waals surface area contributed by atoms with Gasteiger partial charge in [0.1, 0.15) is 5.75 Å². The van der Waals surface area contributed by atoms with Crippen LogP contribution >= 0.6 is 0 Å². The smallest absolute Gasteiger partial charge is 0.341 e. The summed E-state index contributed by atoms with van der Waals surface area (Å²) < 4.78 is 5.04. The molecule has 0 spiro atoms. The van der Waals surface area contributed by atoms with Crippen LogP contribution in [0.1, 0.15) is 23.7 Å². The number of rotatable bonds is 7. The van der Waals surface area contributed by atoms with Gasteiger partial charge < -0.3 is 20.5 Å². The van der Waals surface area contributed by atoms with Gasteiger partial charge in [-0.3, -0.25) is 9.59 Å². The Morgan fingerprint density at radius 3 is 2.41 bits per heavy atom. The number of benzene rings is 2. The minimum absolute atomic E-state index is 0.0167. The molecule has 7 nitrogen and oxygen atoms in total. The number of carbonyl (C=O) groups excluding carboxylic acids is 2. The number of ether oxygens (including phenoxy) is 1. The predicted octanol–water partition coefficient (Wildman–Crippen LogP) is 3.00. The van der Waals surface area contributed by atoms with Crippen molar-refractivity contribution in [2.45, 2.75) is 13.3 Å². The molecular weight excluding hydrogens is 348 g/mol. The number of carboxylic acids is 1. The molecule has 1 aliphatic carbocycles. The highest BCUT2D eigenvalue weighted by molar-refractivity contribution is 6.05. The lowest BCUT2D eigenvalue weighted by molar-refractivity contribution is -0.139. The van der Waals surface area contributed by atoms with Crippen molar-refractivity contribution in [3.05, 3.63) is 54.1 Å². The van der Waals surface area contributed by atoms with Gasteiger partial charge >= 0.3 is 5.97 Å². The van der Waals surface area contributed by atoms with Crippen LogP contribution in [0.25, 0.3) is 0 Å². The maximum atomic E-state index is 12.4. The minimum Gasteiger partial charge on any atom is -0.482 e. The molecule has 0 aromatic heterocycles. The Morgan fingerprint density at radius 1 is 1.07 bits per heavy atom. The molecule has 0 saturated heterocycles. The van der Waals surface area contributed by atoms with Crippen LogP contribution in [0.2, 0.25) is 0 Å². The van der Waals surface area contributed by atoms with E-state index < -0.39 is 12.6 Å². The molecule has 2 amide bonds. The maximum Gasteiger partial charge on any atom is 0.341 e. The Balaban J connectivity index is 1.59. The summed E-state index contributed by atoms with van der Waals surface area (Å²) in [5, 5.41) is 14.2. The van der Waals surface area contributed by atoms with Crippen LogP contribution in [0.15, 0.2) is 48.5 Å². The van der Waals surface area contributed by atoms with E-state index in [9.17, 15) is 14.4 Å².